The molecule has 0 unspecified atom stereocenters. The molecule has 2 saturated heterocycles. The normalized spacial score (nSPS) is 20.1. The van der Waals surface area contributed by atoms with Crippen molar-refractivity contribution < 1.29 is 24.2 Å². The van der Waals surface area contributed by atoms with Gasteiger partial charge in [0.15, 0.2) is 0 Å². The zero-order chi connectivity index (χ0) is 26.4. The molecule has 2 aliphatic heterocycles. The van der Waals surface area contributed by atoms with Gasteiger partial charge in [-0.3, -0.25) is 14.5 Å². The van der Waals surface area contributed by atoms with Crippen LogP contribution >= 0.6 is 0 Å². The number of nitrogens with zero attached hydrogens (tertiary/aromatic N) is 2. The third-order valence-electron chi connectivity index (χ3n) is 6.93. The Labute approximate surface area is 219 Å². The van der Waals surface area contributed by atoms with Crippen molar-refractivity contribution in [2.45, 2.75) is 39.7 Å². The first-order chi connectivity index (χ1) is 17.9. The molecule has 2 aromatic carbocycles. The van der Waals surface area contributed by atoms with E-state index in [0.29, 0.717) is 30.4 Å². The highest BCUT2D eigenvalue weighted by atomic mass is 16.5. The Bertz CT molecular complexity index is 1100. The molecule has 0 aromatic heterocycles. The number of aliphatic hydroxyl groups is 1. The van der Waals surface area contributed by atoms with Gasteiger partial charge in [-0.2, -0.15) is 0 Å². The zero-order valence-electron chi connectivity index (χ0n) is 22.1. The van der Waals surface area contributed by atoms with E-state index in [9.17, 15) is 14.7 Å². The summed E-state index contributed by atoms with van der Waals surface area (Å²) in [4.78, 5) is 30.4. The summed E-state index contributed by atoms with van der Waals surface area (Å²) < 4.78 is 11.2. The van der Waals surface area contributed by atoms with Gasteiger partial charge >= 0.3 is 0 Å². The molecule has 2 aromatic rings. The number of morpholine rings is 1. The van der Waals surface area contributed by atoms with Crippen molar-refractivity contribution in [3.63, 3.8) is 0 Å². The minimum atomic E-state index is -0.645. The maximum absolute atomic E-state index is 13.3. The summed E-state index contributed by atoms with van der Waals surface area (Å²) in [6.07, 6.45) is 1.63. The maximum Gasteiger partial charge on any atom is 0.295 e. The summed E-state index contributed by atoms with van der Waals surface area (Å²) in [5.41, 5.74) is 2.61. The molecule has 2 fully saturated rings. The number of amides is 1. The lowest BCUT2D eigenvalue weighted by molar-refractivity contribution is -0.140. The van der Waals surface area contributed by atoms with E-state index in [4.69, 9.17) is 9.47 Å². The Morgan fingerprint density at radius 3 is 2.32 bits per heavy atom. The number of ether oxygens (including phenoxy) is 2. The average molecular weight is 507 g/mol. The fourth-order valence-electron chi connectivity index (χ4n) is 4.81. The lowest BCUT2D eigenvalue weighted by Crippen LogP contribution is -2.38. The second-order valence-electron chi connectivity index (χ2n) is 10.1. The van der Waals surface area contributed by atoms with Gasteiger partial charge in [0.2, 0.25) is 0 Å². The molecule has 7 heteroatoms. The summed E-state index contributed by atoms with van der Waals surface area (Å²) >= 11 is 0. The van der Waals surface area contributed by atoms with Gasteiger partial charge in [0.25, 0.3) is 11.7 Å². The van der Waals surface area contributed by atoms with Gasteiger partial charge in [-0.1, -0.05) is 45.0 Å². The van der Waals surface area contributed by atoms with Crippen LogP contribution in [0.4, 0.5) is 0 Å². The van der Waals surface area contributed by atoms with Crippen molar-refractivity contribution >= 4 is 17.4 Å². The average Bonchev–Trinajstić information content (AvgIpc) is 3.17. The highest BCUT2D eigenvalue weighted by molar-refractivity contribution is 6.46. The molecular formula is C30H38N2O5. The molecule has 0 saturated carbocycles. The molecule has 198 valence electrons. The monoisotopic (exact) mass is 506 g/mol. The van der Waals surface area contributed by atoms with Crippen LogP contribution in [-0.2, 0) is 20.7 Å². The summed E-state index contributed by atoms with van der Waals surface area (Å²) in [5.74, 6) is -0.278. The van der Waals surface area contributed by atoms with Crippen molar-refractivity contribution in [1.29, 1.82) is 0 Å². The van der Waals surface area contributed by atoms with Gasteiger partial charge in [0, 0.05) is 31.7 Å². The van der Waals surface area contributed by atoms with Crippen molar-refractivity contribution in [3.05, 3.63) is 70.8 Å². The standard InChI is InChI=1S/C30H38N2O5/c1-4-22-6-8-23(9-7-22)27-26(28(33)24-10-12-25(13-11-24)37-20-21(2)3)29(34)30(35)32(27)15-5-14-31-16-18-36-19-17-31/h6-13,21,27,33H,4-5,14-20H2,1-3H3/t27-/m0/s1. The molecule has 0 bridgehead atoms. The number of hydrogen-bond donors (Lipinski definition) is 1. The first-order valence-corrected chi connectivity index (χ1v) is 13.3. The number of carbonyl (C=O) groups excluding carboxylic acids is 2. The van der Waals surface area contributed by atoms with Gasteiger partial charge in [0.05, 0.1) is 31.4 Å². The van der Waals surface area contributed by atoms with Gasteiger partial charge < -0.3 is 19.5 Å². The number of hydrogen-bond acceptors (Lipinski definition) is 6. The van der Waals surface area contributed by atoms with Crippen molar-refractivity contribution in [2.24, 2.45) is 5.92 Å². The molecule has 2 aliphatic rings. The van der Waals surface area contributed by atoms with Gasteiger partial charge in [-0.15, -0.1) is 0 Å². The van der Waals surface area contributed by atoms with Crippen molar-refractivity contribution in [3.8, 4) is 5.75 Å². The molecule has 37 heavy (non-hydrogen) atoms. The molecule has 1 atom stereocenters. The number of carbonyl (C=O) groups is 2. The lowest BCUT2D eigenvalue weighted by Gasteiger charge is -2.29. The number of Topliss-reactive ketones (excluding diaryl/α,β-unsaturated/α-hetero) is 1. The van der Waals surface area contributed by atoms with Crippen LogP contribution < -0.4 is 4.74 Å². The minimum Gasteiger partial charge on any atom is -0.507 e. The smallest absolute Gasteiger partial charge is 0.295 e. The highest BCUT2D eigenvalue weighted by Crippen LogP contribution is 2.39. The second kappa shape index (κ2) is 12.4. The van der Waals surface area contributed by atoms with E-state index in [1.54, 1.807) is 29.2 Å². The highest BCUT2D eigenvalue weighted by Gasteiger charge is 2.45. The van der Waals surface area contributed by atoms with E-state index in [-0.39, 0.29) is 11.3 Å². The summed E-state index contributed by atoms with van der Waals surface area (Å²) in [7, 11) is 0. The SMILES string of the molecule is CCc1ccc([C@H]2C(=C(O)c3ccc(OCC(C)C)cc3)C(=O)C(=O)N2CCCN2CCOCC2)cc1. The number of ketones is 1. The first kappa shape index (κ1) is 26.9. The topological polar surface area (TPSA) is 79.3 Å². The van der Waals surface area contributed by atoms with E-state index in [1.165, 1.54) is 5.56 Å². The molecule has 0 radical (unpaired) electrons. The van der Waals surface area contributed by atoms with E-state index >= 15 is 0 Å². The van der Waals surface area contributed by atoms with Crippen molar-refractivity contribution in [1.82, 2.24) is 9.80 Å². The van der Waals surface area contributed by atoms with Gasteiger partial charge in [0.1, 0.15) is 11.5 Å². The number of aliphatic hydroxyl groups excluding tert-OH is 1. The Hall–Kier alpha value is -3.16. The number of benzene rings is 2. The third-order valence-corrected chi connectivity index (χ3v) is 6.93. The van der Waals surface area contributed by atoms with E-state index in [0.717, 1.165) is 51.3 Å². The fourth-order valence-corrected chi connectivity index (χ4v) is 4.81. The number of aryl methyl sites for hydroxylation is 1. The Morgan fingerprint density at radius 1 is 1.03 bits per heavy atom. The molecule has 1 amide bonds. The second-order valence-corrected chi connectivity index (χ2v) is 10.1. The van der Waals surface area contributed by atoms with Crippen LogP contribution in [0.3, 0.4) is 0 Å². The molecule has 1 N–H and O–H groups in total. The van der Waals surface area contributed by atoms with Crippen LogP contribution in [0, 0.1) is 5.92 Å². The van der Waals surface area contributed by atoms with Crippen LogP contribution in [0.2, 0.25) is 0 Å². The van der Waals surface area contributed by atoms with Crippen LogP contribution in [0.1, 0.15) is 49.9 Å². The maximum atomic E-state index is 13.3. The molecule has 4 rings (SSSR count). The lowest BCUT2D eigenvalue weighted by atomic mass is 9.94. The molecule has 0 spiro atoms. The van der Waals surface area contributed by atoms with Gasteiger partial charge in [-0.05, 0) is 54.2 Å². The Kier molecular flexibility index (Phi) is 9.00. The zero-order valence-corrected chi connectivity index (χ0v) is 22.1. The minimum absolute atomic E-state index is 0.136. The van der Waals surface area contributed by atoms with Crippen LogP contribution in [-0.4, -0.2) is 72.6 Å². The van der Waals surface area contributed by atoms with E-state index < -0.39 is 17.7 Å². The Balaban J connectivity index is 1.62. The predicted molar refractivity (Wildman–Crippen MR) is 143 cm³/mol. The van der Waals surface area contributed by atoms with Crippen LogP contribution in [0.25, 0.3) is 5.76 Å². The largest absolute Gasteiger partial charge is 0.507 e. The first-order valence-electron chi connectivity index (χ1n) is 13.3. The van der Waals surface area contributed by atoms with E-state index in [2.05, 4.69) is 25.7 Å². The number of likely N-dealkylation sites (tertiary alicyclic amines) is 1. The third kappa shape index (κ3) is 6.40. The van der Waals surface area contributed by atoms with E-state index in [1.807, 2.05) is 24.3 Å². The quantitative estimate of drug-likeness (QED) is 0.292. The summed E-state index contributed by atoms with van der Waals surface area (Å²) in [6.45, 7) is 11.3. The summed E-state index contributed by atoms with van der Waals surface area (Å²) in [6, 6.07) is 14.3. The molecular weight excluding hydrogens is 468 g/mol. The fraction of sp³-hybridized carbons (Fsp3) is 0.467. The molecule has 0 aliphatic carbocycles. The Morgan fingerprint density at radius 2 is 1.70 bits per heavy atom. The molecule has 2 heterocycles. The number of rotatable bonds is 10. The van der Waals surface area contributed by atoms with Gasteiger partial charge in [-0.25, -0.2) is 0 Å². The predicted octanol–water partition coefficient (Wildman–Crippen LogP) is 4.43. The van der Waals surface area contributed by atoms with Crippen molar-refractivity contribution in [2.75, 3.05) is 46.0 Å². The van der Waals surface area contributed by atoms with Crippen LogP contribution in [0.15, 0.2) is 54.1 Å². The molecule has 7 nitrogen and oxygen atoms in total. The summed E-state index contributed by atoms with van der Waals surface area (Å²) in [5, 5.41) is 11.3. The van der Waals surface area contributed by atoms with Crippen LogP contribution in [0.5, 0.6) is 5.75 Å².